The Hall–Kier alpha value is -1.26. The molecule has 0 aliphatic heterocycles. The van der Waals surface area contributed by atoms with Gasteiger partial charge in [-0.05, 0) is 44.5 Å². The highest BCUT2D eigenvalue weighted by Gasteiger charge is 2.20. The number of aromatic nitrogens is 2. The summed E-state index contributed by atoms with van der Waals surface area (Å²) in [6.07, 6.45) is 3.80. The Kier molecular flexibility index (Phi) is 4.09. The Morgan fingerprint density at radius 3 is 2.67 bits per heavy atom. The third kappa shape index (κ3) is 2.60. The van der Waals surface area contributed by atoms with Crippen LogP contribution < -0.4 is 5.32 Å². The average molecular weight is 261 g/mol. The number of nitrogens with zero attached hydrogens (tertiary/aromatic N) is 2. The molecule has 4 heteroatoms. The lowest BCUT2D eigenvalue weighted by molar-refractivity contribution is 0.630. The van der Waals surface area contributed by atoms with E-state index in [0.29, 0.717) is 0 Å². The number of aryl methyl sites for hydroxylation is 3. The third-order valence-corrected chi connectivity index (χ3v) is 4.14. The molecule has 0 fully saturated rings. The van der Waals surface area contributed by atoms with E-state index in [4.69, 9.17) is 0 Å². The summed E-state index contributed by atoms with van der Waals surface area (Å²) in [7, 11) is 0. The maximum atomic E-state index is 4.53. The first kappa shape index (κ1) is 13.2. The maximum Gasteiger partial charge on any atom is 0.0900 e. The van der Waals surface area contributed by atoms with Gasteiger partial charge in [0.15, 0.2) is 0 Å². The fourth-order valence-electron chi connectivity index (χ4n) is 2.14. The van der Waals surface area contributed by atoms with Crippen LogP contribution in [0.3, 0.4) is 0 Å². The summed E-state index contributed by atoms with van der Waals surface area (Å²) in [5, 5.41) is 4.66. The maximum absolute atomic E-state index is 4.53. The molecule has 0 aliphatic carbocycles. The monoisotopic (exact) mass is 261 g/mol. The Morgan fingerprint density at radius 2 is 2.11 bits per heavy atom. The van der Waals surface area contributed by atoms with Crippen LogP contribution in [0.25, 0.3) is 0 Å². The van der Waals surface area contributed by atoms with E-state index < -0.39 is 0 Å². The van der Waals surface area contributed by atoms with E-state index in [1.807, 2.05) is 12.4 Å². The molecule has 2 aromatic rings. The number of hydrogen-bond acceptors (Lipinski definition) is 4. The van der Waals surface area contributed by atoms with Gasteiger partial charge < -0.3 is 5.32 Å². The Labute approximate surface area is 112 Å². The molecular weight excluding hydrogens is 242 g/mol. The number of thiazole rings is 1. The normalized spacial score (nSPS) is 12.7. The molecule has 0 aliphatic rings. The SMILES string of the molecule is CCNC(c1cnccc1C)c1sc(C)nc1C. The number of rotatable bonds is 4. The molecule has 1 atom stereocenters. The van der Waals surface area contributed by atoms with Crippen molar-refractivity contribution < 1.29 is 0 Å². The number of nitrogens with one attached hydrogen (secondary N) is 1. The molecule has 2 aromatic heterocycles. The van der Waals surface area contributed by atoms with Crippen molar-refractivity contribution in [3.8, 4) is 0 Å². The zero-order chi connectivity index (χ0) is 13.1. The Bertz CT molecular complexity index is 534. The second-order valence-electron chi connectivity index (χ2n) is 4.41. The van der Waals surface area contributed by atoms with Gasteiger partial charge in [0, 0.05) is 17.3 Å². The van der Waals surface area contributed by atoms with Crippen LogP contribution in [0.15, 0.2) is 18.5 Å². The van der Waals surface area contributed by atoms with Gasteiger partial charge in [0.2, 0.25) is 0 Å². The highest BCUT2D eigenvalue weighted by molar-refractivity contribution is 7.11. The average Bonchev–Trinajstić information content (AvgIpc) is 2.66. The van der Waals surface area contributed by atoms with E-state index in [1.54, 1.807) is 11.3 Å². The Morgan fingerprint density at radius 1 is 1.33 bits per heavy atom. The van der Waals surface area contributed by atoms with Crippen molar-refractivity contribution in [1.82, 2.24) is 15.3 Å². The lowest BCUT2D eigenvalue weighted by Crippen LogP contribution is -2.22. The molecule has 0 saturated carbocycles. The van der Waals surface area contributed by atoms with E-state index in [2.05, 4.69) is 49.0 Å². The first-order valence-electron chi connectivity index (χ1n) is 6.21. The van der Waals surface area contributed by atoms with Crippen molar-refractivity contribution in [3.63, 3.8) is 0 Å². The molecular formula is C14H19N3S. The standard InChI is InChI=1S/C14H19N3S/c1-5-16-13(12-8-15-7-6-9(12)2)14-10(3)17-11(4)18-14/h6-8,13,16H,5H2,1-4H3. The quantitative estimate of drug-likeness (QED) is 0.918. The molecule has 2 heterocycles. The highest BCUT2D eigenvalue weighted by atomic mass is 32.1. The van der Waals surface area contributed by atoms with Gasteiger partial charge in [0.05, 0.1) is 16.7 Å². The molecule has 96 valence electrons. The van der Waals surface area contributed by atoms with Gasteiger partial charge in [0.25, 0.3) is 0 Å². The molecule has 0 saturated heterocycles. The summed E-state index contributed by atoms with van der Waals surface area (Å²) < 4.78 is 0. The van der Waals surface area contributed by atoms with Gasteiger partial charge in [-0.15, -0.1) is 11.3 Å². The van der Waals surface area contributed by atoms with Crippen molar-refractivity contribution in [1.29, 1.82) is 0 Å². The number of hydrogen-bond donors (Lipinski definition) is 1. The lowest BCUT2D eigenvalue weighted by Gasteiger charge is -2.19. The summed E-state index contributed by atoms with van der Waals surface area (Å²) in [5.74, 6) is 0. The minimum Gasteiger partial charge on any atom is -0.306 e. The Balaban J connectivity index is 2.46. The number of pyridine rings is 1. The molecule has 0 radical (unpaired) electrons. The predicted molar refractivity (Wildman–Crippen MR) is 76.1 cm³/mol. The van der Waals surface area contributed by atoms with Gasteiger partial charge in [-0.25, -0.2) is 4.98 Å². The predicted octanol–water partition coefficient (Wildman–Crippen LogP) is 3.16. The molecule has 0 bridgehead atoms. The zero-order valence-corrected chi connectivity index (χ0v) is 12.1. The molecule has 0 spiro atoms. The van der Waals surface area contributed by atoms with E-state index in [0.717, 1.165) is 17.2 Å². The van der Waals surface area contributed by atoms with Gasteiger partial charge in [0.1, 0.15) is 0 Å². The lowest BCUT2D eigenvalue weighted by atomic mass is 10.0. The molecule has 3 nitrogen and oxygen atoms in total. The first-order chi connectivity index (χ1) is 8.63. The van der Waals surface area contributed by atoms with Crippen molar-refractivity contribution in [2.45, 2.75) is 33.7 Å². The third-order valence-electron chi connectivity index (χ3n) is 3.00. The van der Waals surface area contributed by atoms with Crippen LogP contribution in [0.1, 0.15) is 39.7 Å². The molecule has 1 unspecified atom stereocenters. The van der Waals surface area contributed by atoms with Crippen LogP contribution >= 0.6 is 11.3 Å². The van der Waals surface area contributed by atoms with Gasteiger partial charge in [-0.3, -0.25) is 4.98 Å². The van der Waals surface area contributed by atoms with Crippen LogP contribution in [-0.4, -0.2) is 16.5 Å². The minimum absolute atomic E-state index is 0.204. The second kappa shape index (κ2) is 5.59. The zero-order valence-electron chi connectivity index (χ0n) is 11.3. The first-order valence-corrected chi connectivity index (χ1v) is 7.03. The van der Waals surface area contributed by atoms with Gasteiger partial charge in [-0.2, -0.15) is 0 Å². The smallest absolute Gasteiger partial charge is 0.0900 e. The van der Waals surface area contributed by atoms with Crippen molar-refractivity contribution in [3.05, 3.63) is 45.2 Å². The van der Waals surface area contributed by atoms with Crippen LogP contribution in [-0.2, 0) is 0 Å². The van der Waals surface area contributed by atoms with E-state index in [9.17, 15) is 0 Å². The summed E-state index contributed by atoms with van der Waals surface area (Å²) in [5.41, 5.74) is 3.62. The summed E-state index contributed by atoms with van der Waals surface area (Å²) in [6, 6.07) is 2.26. The molecule has 1 N–H and O–H groups in total. The topological polar surface area (TPSA) is 37.8 Å². The largest absolute Gasteiger partial charge is 0.306 e. The van der Waals surface area contributed by atoms with E-state index in [1.165, 1.54) is 16.0 Å². The summed E-state index contributed by atoms with van der Waals surface area (Å²) in [6.45, 7) is 9.32. The molecule has 2 rings (SSSR count). The second-order valence-corrected chi connectivity index (χ2v) is 5.64. The van der Waals surface area contributed by atoms with Crippen molar-refractivity contribution in [2.24, 2.45) is 0 Å². The summed E-state index contributed by atoms with van der Waals surface area (Å²) >= 11 is 1.76. The van der Waals surface area contributed by atoms with Gasteiger partial charge in [-0.1, -0.05) is 6.92 Å². The molecule has 18 heavy (non-hydrogen) atoms. The minimum atomic E-state index is 0.204. The van der Waals surface area contributed by atoms with E-state index in [-0.39, 0.29) is 6.04 Å². The van der Waals surface area contributed by atoms with Gasteiger partial charge >= 0.3 is 0 Å². The van der Waals surface area contributed by atoms with Crippen LogP contribution in [0.4, 0.5) is 0 Å². The fourth-order valence-corrected chi connectivity index (χ4v) is 3.16. The molecule has 0 aromatic carbocycles. The van der Waals surface area contributed by atoms with Crippen LogP contribution in [0, 0.1) is 20.8 Å². The highest BCUT2D eigenvalue weighted by Crippen LogP contribution is 2.30. The van der Waals surface area contributed by atoms with Crippen molar-refractivity contribution in [2.75, 3.05) is 6.54 Å². The van der Waals surface area contributed by atoms with Crippen LogP contribution in [0.2, 0.25) is 0 Å². The van der Waals surface area contributed by atoms with E-state index >= 15 is 0 Å². The summed E-state index contributed by atoms with van der Waals surface area (Å²) in [4.78, 5) is 10.1. The molecule has 0 amide bonds. The van der Waals surface area contributed by atoms with Crippen molar-refractivity contribution >= 4 is 11.3 Å². The fraction of sp³-hybridized carbons (Fsp3) is 0.429. The van der Waals surface area contributed by atoms with Crippen LogP contribution in [0.5, 0.6) is 0 Å².